The number of hydrogen-bond acceptors (Lipinski definition) is 14. The zero-order valence-corrected chi connectivity index (χ0v) is 36.6. The third-order valence-corrected chi connectivity index (χ3v) is 11.7. The minimum absolute atomic E-state index is 0. The van der Waals surface area contributed by atoms with Crippen LogP contribution in [0.3, 0.4) is 0 Å². The number of fused-ring (bicyclic) bond motifs is 6. The van der Waals surface area contributed by atoms with E-state index >= 15 is 0 Å². The van der Waals surface area contributed by atoms with Gasteiger partial charge in [-0.15, -0.1) is 0 Å². The second-order valence-corrected chi connectivity index (χ2v) is 15.7. The summed E-state index contributed by atoms with van der Waals surface area (Å²) in [5, 5.41) is 59.7. The quantitative estimate of drug-likeness (QED) is 0.0690. The zero-order chi connectivity index (χ0) is 40.7. The number of carbonyl (C=O) groups excluding carboxylic acids is 2. The fraction of sp³-hybridized carbons (Fsp3) is 0.389. The number of H-pyrrole nitrogens is 2. The fourth-order valence-electron chi connectivity index (χ4n) is 8.33. The van der Waals surface area contributed by atoms with E-state index in [1.54, 1.807) is 46.5 Å². The summed E-state index contributed by atoms with van der Waals surface area (Å²) in [6, 6.07) is 6.58. The molecule has 2 saturated heterocycles. The van der Waals surface area contributed by atoms with Crippen LogP contribution in [0, 0.1) is 0 Å². The molecule has 2 aliphatic carbocycles. The number of amides is 2. The topological polar surface area (TPSA) is 290 Å². The number of nitrogens with zero attached hydrogens (tertiary/aromatic N) is 4. The van der Waals surface area contributed by atoms with Crippen molar-refractivity contribution in [3.63, 3.8) is 0 Å². The summed E-state index contributed by atoms with van der Waals surface area (Å²) < 4.78 is 22.2. The number of nitrogens with one attached hydrogen (secondary N) is 2. The van der Waals surface area contributed by atoms with Crippen LogP contribution in [0.4, 0.5) is 0 Å². The van der Waals surface area contributed by atoms with Gasteiger partial charge in [0.05, 0.1) is 63.2 Å². The van der Waals surface area contributed by atoms with E-state index in [1.807, 2.05) is 0 Å². The predicted octanol–water partition coefficient (Wildman–Crippen LogP) is -5.76. The molecule has 10 rings (SSSR count). The molecule has 4 atom stereocenters. The normalized spacial score (nSPS) is 23.2. The Morgan fingerprint density at radius 2 is 1.05 bits per heavy atom. The van der Waals surface area contributed by atoms with Gasteiger partial charge in [-0.3, -0.25) is 9.59 Å². The van der Waals surface area contributed by atoms with Gasteiger partial charge >= 0.3 is 84.6 Å². The van der Waals surface area contributed by atoms with Gasteiger partial charge < -0.3 is 68.9 Å². The number of likely N-dealkylation sites (tertiary alicyclic amines) is 2. The predicted molar refractivity (Wildman–Crippen MR) is 197 cm³/mol. The van der Waals surface area contributed by atoms with Crippen molar-refractivity contribution in [3.05, 3.63) is 83.0 Å². The second kappa shape index (κ2) is 16.6. The number of aromatic nitrogens is 4. The summed E-state index contributed by atoms with van der Waals surface area (Å²) >= 11 is 0. The zero-order valence-electron chi connectivity index (χ0n) is 32.6. The van der Waals surface area contributed by atoms with E-state index in [0.29, 0.717) is 50.1 Å². The van der Waals surface area contributed by atoms with Crippen LogP contribution in [0.1, 0.15) is 67.9 Å². The Hall–Kier alpha value is -4.09. The third kappa shape index (κ3) is 8.42. The molecule has 20 nitrogen and oxygen atoms in total. The van der Waals surface area contributed by atoms with Gasteiger partial charge in [0.1, 0.15) is 34.8 Å². The maximum Gasteiger partial charge on any atom is 1.00 e. The van der Waals surface area contributed by atoms with E-state index in [4.69, 9.17) is 18.8 Å². The number of carbonyl (C=O) groups is 4. The molecular formula is C36H38B2N6Na2O14. The summed E-state index contributed by atoms with van der Waals surface area (Å²) in [7, 11) is 0. The Labute approximate surface area is 385 Å². The first-order valence-corrected chi connectivity index (χ1v) is 18.9. The second-order valence-electron chi connectivity index (χ2n) is 15.7. The van der Waals surface area contributed by atoms with Crippen molar-refractivity contribution < 1.29 is 127 Å². The molecule has 6 aliphatic rings. The van der Waals surface area contributed by atoms with Gasteiger partial charge in [0, 0.05) is 23.8 Å². The molecule has 4 fully saturated rings. The van der Waals surface area contributed by atoms with Gasteiger partial charge in [0.25, 0.3) is 0 Å². The maximum absolute atomic E-state index is 12.2. The molecule has 4 aliphatic heterocycles. The Morgan fingerprint density at radius 3 is 1.38 bits per heavy atom. The van der Waals surface area contributed by atoms with E-state index in [1.165, 1.54) is 12.7 Å². The smallest absolute Gasteiger partial charge is 0.669 e. The molecule has 4 aromatic rings. The standard InChI is InChI=1S/2C18H19BN3O7.2Na/c2*23-15(3-9-5-20-8-21-9)22-6-10(7-22)28-14-2-1-11-12-4-13(12)19(26,27)29-17(11)16(14)18(24)25;;/h2*1-2,5,8,10,12-13,26-27H,3-4,6-7H2,(H,20,21)(H,24,25);;/q2*-1;2*+1/t2*12-,13-;;/m11../s1. The van der Waals surface area contributed by atoms with Crippen molar-refractivity contribution in [2.75, 3.05) is 26.2 Å². The van der Waals surface area contributed by atoms with Gasteiger partial charge in [-0.2, -0.15) is 0 Å². The number of aromatic carboxylic acids is 2. The van der Waals surface area contributed by atoms with E-state index in [2.05, 4.69) is 19.9 Å². The number of hydrogen-bond donors (Lipinski definition) is 8. The molecule has 2 saturated carbocycles. The molecule has 0 radical (unpaired) electrons. The summed E-state index contributed by atoms with van der Waals surface area (Å²) in [5.74, 6) is -3.59. The average molecular weight is 846 g/mol. The number of ether oxygens (including phenoxy) is 2. The number of rotatable bonds is 10. The van der Waals surface area contributed by atoms with Crippen molar-refractivity contribution in [3.8, 4) is 23.0 Å². The first-order chi connectivity index (χ1) is 27.7. The molecule has 0 unspecified atom stereocenters. The van der Waals surface area contributed by atoms with Crippen molar-refractivity contribution in [2.24, 2.45) is 0 Å². The van der Waals surface area contributed by atoms with E-state index in [0.717, 1.165) is 11.4 Å². The molecule has 0 spiro atoms. The maximum atomic E-state index is 12.2. The summed E-state index contributed by atoms with van der Waals surface area (Å²) in [6.07, 6.45) is 7.01. The number of aromatic amines is 2. The molecule has 0 bridgehead atoms. The number of carboxylic acid groups (broad SMARTS) is 2. The van der Waals surface area contributed by atoms with E-state index < -0.39 is 37.1 Å². The molecule has 8 N–H and O–H groups in total. The van der Waals surface area contributed by atoms with Crippen LogP contribution in [0.2, 0.25) is 11.6 Å². The Balaban J connectivity index is 0.000000176. The van der Waals surface area contributed by atoms with Crippen LogP contribution >= 0.6 is 0 Å². The van der Waals surface area contributed by atoms with Crippen LogP contribution in [0.25, 0.3) is 0 Å². The minimum Gasteiger partial charge on any atom is -0.669 e. The van der Waals surface area contributed by atoms with Crippen molar-refractivity contribution in [1.29, 1.82) is 0 Å². The molecule has 2 amide bonds. The summed E-state index contributed by atoms with van der Waals surface area (Å²) in [4.78, 5) is 64.9. The number of carboxylic acids is 2. The van der Waals surface area contributed by atoms with Crippen LogP contribution in [-0.4, -0.2) is 136 Å². The van der Waals surface area contributed by atoms with Crippen LogP contribution in [0.5, 0.6) is 23.0 Å². The molecular weight excluding hydrogens is 808 g/mol. The molecule has 24 heteroatoms. The van der Waals surface area contributed by atoms with E-state index in [9.17, 15) is 49.5 Å². The van der Waals surface area contributed by atoms with Gasteiger partial charge in [-0.05, 0) is 35.1 Å². The van der Waals surface area contributed by atoms with Crippen molar-refractivity contribution in [2.45, 2.75) is 61.4 Å². The van der Waals surface area contributed by atoms with Crippen LogP contribution < -0.4 is 77.9 Å². The molecule has 2 aromatic carbocycles. The number of imidazole rings is 2. The third-order valence-electron chi connectivity index (χ3n) is 11.7. The van der Waals surface area contributed by atoms with Gasteiger partial charge in [-0.25, -0.2) is 19.6 Å². The molecule has 304 valence electrons. The first-order valence-electron chi connectivity index (χ1n) is 18.9. The Morgan fingerprint density at radius 1 is 0.667 bits per heavy atom. The van der Waals surface area contributed by atoms with E-state index in [-0.39, 0.29) is 142 Å². The fourth-order valence-corrected chi connectivity index (χ4v) is 8.33. The van der Waals surface area contributed by atoms with Crippen molar-refractivity contribution >= 4 is 37.3 Å². The van der Waals surface area contributed by atoms with Crippen molar-refractivity contribution in [1.82, 2.24) is 29.7 Å². The monoisotopic (exact) mass is 846 g/mol. The van der Waals surface area contributed by atoms with Gasteiger partial charge in [0.2, 0.25) is 11.8 Å². The Kier molecular flexibility index (Phi) is 12.2. The van der Waals surface area contributed by atoms with Crippen LogP contribution in [0.15, 0.2) is 49.3 Å². The average Bonchev–Trinajstić information content (AvgIpc) is 4.00. The number of benzene rings is 2. The minimum atomic E-state index is -3.08. The summed E-state index contributed by atoms with van der Waals surface area (Å²) in [6.45, 7) is -4.83. The molecule has 2 aromatic heterocycles. The van der Waals surface area contributed by atoms with Gasteiger partial charge in [0.15, 0.2) is 0 Å². The summed E-state index contributed by atoms with van der Waals surface area (Å²) in [5.41, 5.74) is 2.32. The Bertz CT molecular complexity index is 2150. The van der Waals surface area contributed by atoms with Crippen LogP contribution in [-0.2, 0) is 22.4 Å². The SMILES string of the molecule is O=C(O)c1c(OC2CN(C(=O)Cc3cnc[nH]3)C2)ccc2c1O[B-](O)(O)[C@@H]1C[C@H]21.O=C(O)c1c(OC2CN(C(=O)Cc3cnc[nH]3)C2)ccc2c1O[B-](O)(O)[C@@H]1C[C@H]21.[Na+].[Na+]. The molecule has 60 heavy (non-hydrogen) atoms. The molecule has 6 heterocycles. The first kappa shape index (κ1) is 44.0. The van der Waals surface area contributed by atoms with Gasteiger partial charge in [-0.1, -0.05) is 36.6 Å². The largest absolute Gasteiger partial charge is 1.00 e.